The van der Waals surface area contributed by atoms with Crippen LogP contribution in [0.1, 0.15) is 18.7 Å². The summed E-state index contributed by atoms with van der Waals surface area (Å²) in [7, 11) is 1.54. The fourth-order valence-corrected chi connectivity index (χ4v) is 3.70. The first-order valence-corrected chi connectivity index (χ1v) is 7.78. The molecule has 0 saturated heterocycles. The molecule has 0 saturated carbocycles. The molecular weight excluding hydrogens is 315 g/mol. The number of nitrogens with zero attached hydrogens (tertiary/aromatic N) is 1. The summed E-state index contributed by atoms with van der Waals surface area (Å²) in [6, 6.07) is 3.62. The minimum Gasteiger partial charge on any atom is -0.494 e. The van der Waals surface area contributed by atoms with Crippen molar-refractivity contribution in [3.8, 4) is 17.0 Å². The van der Waals surface area contributed by atoms with Crippen LogP contribution >= 0.6 is 34.5 Å². The number of aromatic nitrogens is 1. The second kappa shape index (κ2) is 6.20. The van der Waals surface area contributed by atoms with Gasteiger partial charge in [0.25, 0.3) is 0 Å². The number of benzene rings is 1. The number of hydrogen-bond donors (Lipinski definition) is 1. The van der Waals surface area contributed by atoms with Crippen molar-refractivity contribution in [3.63, 3.8) is 0 Å². The van der Waals surface area contributed by atoms with Gasteiger partial charge in [-0.05, 0) is 24.5 Å². The molecule has 0 aliphatic carbocycles. The van der Waals surface area contributed by atoms with Gasteiger partial charge in [0, 0.05) is 10.4 Å². The van der Waals surface area contributed by atoms with Crippen LogP contribution in [-0.4, -0.2) is 12.1 Å². The number of ether oxygens (including phenoxy) is 1. The zero-order valence-electron chi connectivity index (χ0n) is 11.5. The Labute approximate surface area is 132 Å². The third kappa shape index (κ3) is 3.19. The van der Waals surface area contributed by atoms with E-state index in [-0.39, 0.29) is 0 Å². The van der Waals surface area contributed by atoms with Crippen LogP contribution in [0.3, 0.4) is 0 Å². The Bertz CT molecular complexity index is 603. The number of rotatable bonds is 4. The molecule has 0 amide bonds. The maximum Gasteiger partial charge on any atom is 0.180 e. The topological polar surface area (TPSA) is 48.1 Å². The van der Waals surface area contributed by atoms with Crippen LogP contribution in [0.15, 0.2) is 12.1 Å². The van der Waals surface area contributed by atoms with E-state index in [0.29, 0.717) is 26.8 Å². The highest BCUT2D eigenvalue weighted by molar-refractivity contribution is 7.15. The van der Waals surface area contributed by atoms with Crippen LogP contribution in [0, 0.1) is 5.92 Å². The van der Waals surface area contributed by atoms with Gasteiger partial charge >= 0.3 is 0 Å². The fourth-order valence-electron chi connectivity index (χ4n) is 2.00. The fraction of sp³-hybridized carbons (Fsp3) is 0.357. The van der Waals surface area contributed by atoms with Gasteiger partial charge in [-0.25, -0.2) is 4.98 Å². The molecule has 0 fully saturated rings. The maximum absolute atomic E-state index is 6.18. The monoisotopic (exact) mass is 330 g/mol. The van der Waals surface area contributed by atoms with Crippen LogP contribution in [-0.2, 0) is 6.42 Å². The average molecular weight is 331 g/mol. The Morgan fingerprint density at radius 3 is 2.40 bits per heavy atom. The molecule has 3 nitrogen and oxygen atoms in total. The summed E-state index contributed by atoms with van der Waals surface area (Å²) in [4.78, 5) is 5.56. The van der Waals surface area contributed by atoms with Crippen LogP contribution < -0.4 is 10.5 Å². The van der Waals surface area contributed by atoms with Gasteiger partial charge in [0.2, 0.25) is 0 Å². The molecule has 108 valence electrons. The lowest BCUT2D eigenvalue weighted by atomic mass is 10.0. The van der Waals surface area contributed by atoms with Crippen molar-refractivity contribution in [2.75, 3.05) is 12.8 Å². The second-order valence-corrected chi connectivity index (χ2v) is 6.82. The average Bonchev–Trinajstić information content (AvgIpc) is 2.68. The summed E-state index contributed by atoms with van der Waals surface area (Å²) < 4.78 is 5.16. The predicted molar refractivity (Wildman–Crippen MR) is 87.1 cm³/mol. The summed E-state index contributed by atoms with van der Waals surface area (Å²) in [5.74, 6) is 1.00. The van der Waals surface area contributed by atoms with Gasteiger partial charge in [0.1, 0.15) is 0 Å². The third-order valence-corrected chi connectivity index (χ3v) is 4.25. The van der Waals surface area contributed by atoms with Crippen molar-refractivity contribution < 1.29 is 4.74 Å². The number of nitrogen functional groups attached to an aromatic ring is 1. The van der Waals surface area contributed by atoms with Crippen molar-refractivity contribution >= 4 is 39.7 Å². The highest BCUT2D eigenvalue weighted by Gasteiger charge is 2.16. The minimum absolute atomic E-state index is 0.470. The highest BCUT2D eigenvalue weighted by Crippen LogP contribution is 2.39. The lowest BCUT2D eigenvalue weighted by Gasteiger charge is -2.09. The molecule has 20 heavy (non-hydrogen) atoms. The number of halogens is 2. The Morgan fingerprint density at radius 2 is 1.90 bits per heavy atom. The van der Waals surface area contributed by atoms with E-state index in [1.54, 1.807) is 0 Å². The standard InChI is InChI=1S/C14H16Cl2N2OS/c1-7(2)4-11-12(18-14(17)20-11)8-5-9(15)13(19-3)10(16)6-8/h5-7H,4H2,1-3H3,(H2,17,18). The van der Waals surface area contributed by atoms with Crippen LogP contribution in [0.25, 0.3) is 11.3 Å². The summed E-state index contributed by atoms with van der Waals surface area (Å²) in [5.41, 5.74) is 7.56. The molecule has 2 rings (SSSR count). The van der Waals surface area contributed by atoms with E-state index in [2.05, 4.69) is 18.8 Å². The van der Waals surface area contributed by atoms with E-state index in [9.17, 15) is 0 Å². The minimum atomic E-state index is 0.470. The predicted octanol–water partition coefficient (Wildman–Crippen LogP) is 4.91. The Balaban J connectivity index is 2.51. The van der Waals surface area contributed by atoms with Gasteiger partial charge in [-0.1, -0.05) is 37.0 Å². The van der Waals surface area contributed by atoms with Crippen molar-refractivity contribution in [1.82, 2.24) is 4.98 Å². The Kier molecular flexibility index (Phi) is 4.78. The molecule has 6 heteroatoms. The Morgan fingerprint density at radius 1 is 1.30 bits per heavy atom. The molecular formula is C14H16Cl2N2OS. The molecule has 0 aliphatic heterocycles. The molecule has 0 spiro atoms. The van der Waals surface area contributed by atoms with Crippen LogP contribution in [0.4, 0.5) is 5.13 Å². The summed E-state index contributed by atoms with van der Waals surface area (Å²) in [5, 5.41) is 1.49. The van der Waals surface area contributed by atoms with E-state index < -0.39 is 0 Å². The van der Waals surface area contributed by atoms with Crippen molar-refractivity contribution in [3.05, 3.63) is 27.1 Å². The van der Waals surface area contributed by atoms with E-state index in [4.69, 9.17) is 33.7 Å². The summed E-state index contributed by atoms with van der Waals surface area (Å²) >= 11 is 13.9. The van der Waals surface area contributed by atoms with Gasteiger partial charge in [-0.15, -0.1) is 11.3 Å². The molecule has 0 bridgehead atoms. The van der Waals surface area contributed by atoms with Gasteiger partial charge in [-0.3, -0.25) is 0 Å². The summed E-state index contributed by atoms with van der Waals surface area (Å²) in [6.45, 7) is 4.32. The smallest absolute Gasteiger partial charge is 0.180 e. The number of thiazole rings is 1. The molecule has 2 N–H and O–H groups in total. The molecule has 0 unspecified atom stereocenters. The van der Waals surface area contributed by atoms with Crippen LogP contribution in [0.2, 0.25) is 10.0 Å². The zero-order chi connectivity index (χ0) is 14.9. The van der Waals surface area contributed by atoms with Gasteiger partial charge in [-0.2, -0.15) is 0 Å². The number of anilines is 1. The van der Waals surface area contributed by atoms with Crippen molar-refractivity contribution in [1.29, 1.82) is 0 Å². The lowest BCUT2D eigenvalue weighted by molar-refractivity contribution is 0.415. The van der Waals surface area contributed by atoms with E-state index in [1.165, 1.54) is 18.4 Å². The zero-order valence-corrected chi connectivity index (χ0v) is 13.9. The third-order valence-electron chi connectivity index (χ3n) is 2.78. The van der Waals surface area contributed by atoms with E-state index >= 15 is 0 Å². The van der Waals surface area contributed by atoms with Gasteiger partial charge < -0.3 is 10.5 Å². The number of hydrogen-bond acceptors (Lipinski definition) is 4. The molecule has 2 aromatic rings. The second-order valence-electron chi connectivity index (χ2n) is 4.89. The normalized spacial score (nSPS) is 11.1. The van der Waals surface area contributed by atoms with Crippen molar-refractivity contribution in [2.24, 2.45) is 5.92 Å². The first kappa shape index (κ1) is 15.4. The molecule has 1 aromatic carbocycles. The molecule has 0 atom stereocenters. The number of nitrogens with two attached hydrogens (primary N) is 1. The highest BCUT2D eigenvalue weighted by atomic mass is 35.5. The van der Waals surface area contributed by atoms with E-state index in [1.807, 2.05) is 12.1 Å². The SMILES string of the molecule is COc1c(Cl)cc(-c2nc(N)sc2CC(C)C)cc1Cl. The maximum atomic E-state index is 6.18. The van der Waals surface area contributed by atoms with Gasteiger partial charge in [0.05, 0.1) is 22.8 Å². The first-order valence-electron chi connectivity index (χ1n) is 6.21. The van der Waals surface area contributed by atoms with Crippen molar-refractivity contribution in [2.45, 2.75) is 20.3 Å². The van der Waals surface area contributed by atoms with Crippen LogP contribution in [0.5, 0.6) is 5.75 Å². The first-order chi connectivity index (χ1) is 9.42. The lowest BCUT2D eigenvalue weighted by Crippen LogP contribution is -1.94. The van der Waals surface area contributed by atoms with E-state index in [0.717, 1.165) is 22.6 Å². The molecule has 1 aromatic heterocycles. The molecule has 0 aliphatic rings. The number of methoxy groups -OCH3 is 1. The Hall–Kier alpha value is -0.970. The summed E-state index contributed by atoms with van der Waals surface area (Å²) in [6.07, 6.45) is 0.922. The van der Waals surface area contributed by atoms with Gasteiger partial charge in [0.15, 0.2) is 10.9 Å². The molecule has 0 radical (unpaired) electrons. The molecule has 1 heterocycles. The largest absolute Gasteiger partial charge is 0.494 e. The quantitative estimate of drug-likeness (QED) is 0.866.